The normalized spacial score (nSPS) is 12.4. The third-order valence-electron chi connectivity index (χ3n) is 2.60. The molecule has 0 radical (unpaired) electrons. The van der Waals surface area contributed by atoms with Crippen molar-refractivity contribution >= 4 is 44.6 Å². The summed E-state index contributed by atoms with van der Waals surface area (Å²) in [5, 5.41) is 4.13. The Kier molecular flexibility index (Phi) is 4.67. The van der Waals surface area contributed by atoms with Crippen LogP contribution in [-0.2, 0) is 0 Å². The number of benzene rings is 1. The van der Waals surface area contributed by atoms with Gasteiger partial charge in [0.15, 0.2) is 0 Å². The Morgan fingerprint density at radius 2 is 2.17 bits per heavy atom. The van der Waals surface area contributed by atoms with Crippen LogP contribution in [0.25, 0.3) is 0 Å². The van der Waals surface area contributed by atoms with Crippen molar-refractivity contribution < 1.29 is 0 Å². The molecule has 96 valence electrons. The molecule has 1 atom stereocenters. The van der Waals surface area contributed by atoms with Crippen LogP contribution >= 0.6 is 38.9 Å². The van der Waals surface area contributed by atoms with E-state index in [4.69, 9.17) is 17.3 Å². The van der Waals surface area contributed by atoms with Gasteiger partial charge in [0.2, 0.25) is 0 Å². The molecule has 0 aliphatic carbocycles. The van der Waals surface area contributed by atoms with Gasteiger partial charge in [0.25, 0.3) is 0 Å². The molecule has 2 aromatic rings. The van der Waals surface area contributed by atoms with Gasteiger partial charge in [0.05, 0.1) is 11.1 Å². The van der Waals surface area contributed by atoms with Gasteiger partial charge in [-0.25, -0.2) is 0 Å². The van der Waals surface area contributed by atoms with Gasteiger partial charge in [-0.15, -0.1) is 11.3 Å². The summed E-state index contributed by atoms with van der Waals surface area (Å²) in [5.41, 5.74) is 6.84. The predicted octanol–water partition coefficient (Wildman–Crippen LogP) is 4.58. The number of thiophene rings is 1. The number of anilines is 1. The number of hydrogen-bond donors (Lipinski definition) is 2. The maximum atomic E-state index is 5.97. The summed E-state index contributed by atoms with van der Waals surface area (Å²) in [5.74, 6) is 0. The summed E-state index contributed by atoms with van der Waals surface area (Å²) >= 11 is 11.2. The lowest BCUT2D eigenvalue weighted by Crippen LogP contribution is -2.19. The highest BCUT2D eigenvalue weighted by atomic mass is 79.9. The lowest BCUT2D eigenvalue weighted by atomic mass is 10.2. The van der Waals surface area contributed by atoms with Crippen LogP contribution in [0.3, 0.4) is 0 Å². The first-order valence-electron chi connectivity index (χ1n) is 5.58. The second-order valence-electron chi connectivity index (χ2n) is 4.01. The first kappa shape index (κ1) is 13.9. The fraction of sp³-hybridized carbons (Fsp3) is 0.231. The molecule has 18 heavy (non-hydrogen) atoms. The minimum absolute atomic E-state index is 0.136. The third kappa shape index (κ3) is 3.26. The van der Waals surface area contributed by atoms with Crippen LogP contribution in [0.15, 0.2) is 34.8 Å². The number of halogens is 2. The Labute approximate surface area is 124 Å². The van der Waals surface area contributed by atoms with Gasteiger partial charge >= 0.3 is 0 Å². The van der Waals surface area contributed by atoms with Crippen molar-refractivity contribution in [3.63, 3.8) is 0 Å². The molecule has 1 heterocycles. The zero-order valence-corrected chi connectivity index (χ0v) is 13.1. The van der Waals surface area contributed by atoms with Crippen molar-refractivity contribution in [1.82, 2.24) is 0 Å². The second-order valence-corrected chi connectivity index (χ2v) is 6.59. The Bertz CT molecular complexity index is 542. The molecule has 5 heteroatoms. The molecule has 2 nitrogen and oxygen atoms in total. The van der Waals surface area contributed by atoms with E-state index in [1.165, 1.54) is 9.75 Å². The van der Waals surface area contributed by atoms with Gasteiger partial charge in [0, 0.05) is 26.5 Å². The zero-order valence-electron chi connectivity index (χ0n) is 9.91. The molecule has 0 bridgehead atoms. The standard InChI is InChI=1S/C13H14BrClN2S/c1-8-2-5-13(18-8)12(7-16)17-9-3-4-11(15)10(14)6-9/h2-6,12,17H,7,16H2,1H3. The maximum Gasteiger partial charge on any atom is 0.0728 e. The molecule has 2 rings (SSSR count). The first-order valence-corrected chi connectivity index (χ1v) is 7.57. The highest BCUT2D eigenvalue weighted by molar-refractivity contribution is 9.10. The summed E-state index contributed by atoms with van der Waals surface area (Å²) in [6.07, 6.45) is 0. The Hall–Kier alpha value is -0.550. The molecule has 0 spiro atoms. The van der Waals surface area contributed by atoms with Crippen LogP contribution in [0.2, 0.25) is 5.02 Å². The van der Waals surface area contributed by atoms with Gasteiger partial charge < -0.3 is 11.1 Å². The molecule has 3 N–H and O–H groups in total. The van der Waals surface area contributed by atoms with Crippen molar-refractivity contribution in [3.8, 4) is 0 Å². The van der Waals surface area contributed by atoms with E-state index >= 15 is 0 Å². The number of nitrogens with two attached hydrogens (primary N) is 1. The van der Waals surface area contributed by atoms with E-state index in [0.29, 0.717) is 11.6 Å². The molecule has 0 aliphatic heterocycles. The zero-order chi connectivity index (χ0) is 13.1. The van der Waals surface area contributed by atoms with Crippen molar-refractivity contribution in [2.45, 2.75) is 13.0 Å². The summed E-state index contributed by atoms with van der Waals surface area (Å²) in [6.45, 7) is 2.65. The minimum Gasteiger partial charge on any atom is -0.376 e. The van der Waals surface area contributed by atoms with E-state index in [9.17, 15) is 0 Å². The fourth-order valence-electron chi connectivity index (χ4n) is 1.67. The quantitative estimate of drug-likeness (QED) is 0.851. The lowest BCUT2D eigenvalue weighted by molar-refractivity contribution is 0.806. The maximum absolute atomic E-state index is 5.97. The van der Waals surface area contributed by atoms with Crippen molar-refractivity contribution in [2.24, 2.45) is 5.73 Å². The molecule has 1 aromatic heterocycles. The molecule has 1 aromatic carbocycles. The van der Waals surface area contributed by atoms with E-state index < -0.39 is 0 Å². The topological polar surface area (TPSA) is 38.0 Å². The number of nitrogens with one attached hydrogen (secondary N) is 1. The summed E-state index contributed by atoms with van der Waals surface area (Å²) < 4.78 is 0.882. The Balaban J connectivity index is 2.17. The molecule has 0 fully saturated rings. The van der Waals surface area contributed by atoms with E-state index in [0.717, 1.165) is 10.2 Å². The minimum atomic E-state index is 0.136. The average Bonchev–Trinajstić information content (AvgIpc) is 2.77. The number of rotatable bonds is 4. The van der Waals surface area contributed by atoms with Gasteiger partial charge in [0.1, 0.15) is 0 Å². The molecular formula is C13H14BrClN2S. The SMILES string of the molecule is Cc1ccc(C(CN)Nc2ccc(Cl)c(Br)c2)s1. The van der Waals surface area contributed by atoms with Crippen LogP contribution in [0.1, 0.15) is 15.8 Å². The van der Waals surface area contributed by atoms with Gasteiger partial charge in [-0.05, 0) is 53.2 Å². The monoisotopic (exact) mass is 344 g/mol. The smallest absolute Gasteiger partial charge is 0.0728 e. The average molecular weight is 346 g/mol. The van der Waals surface area contributed by atoms with E-state index in [1.807, 2.05) is 18.2 Å². The number of aryl methyl sites for hydroxylation is 1. The molecule has 1 unspecified atom stereocenters. The predicted molar refractivity (Wildman–Crippen MR) is 83.6 cm³/mol. The molecule has 0 saturated carbocycles. The van der Waals surface area contributed by atoms with Crippen molar-refractivity contribution in [1.29, 1.82) is 0 Å². The molecule has 0 amide bonds. The summed E-state index contributed by atoms with van der Waals surface area (Å²) in [4.78, 5) is 2.55. The Morgan fingerprint density at radius 1 is 1.39 bits per heavy atom. The van der Waals surface area contributed by atoms with E-state index in [1.54, 1.807) is 11.3 Å². The van der Waals surface area contributed by atoms with Crippen LogP contribution in [-0.4, -0.2) is 6.54 Å². The van der Waals surface area contributed by atoms with Gasteiger partial charge in [-0.2, -0.15) is 0 Å². The van der Waals surface area contributed by atoms with Crippen molar-refractivity contribution in [3.05, 3.63) is 49.6 Å². The van der Waals surface area contributed by atoms with Gasteiger partial charge in [-0.1, -0.05) is 11.6 Å². The largest absolute Gasteiger partial charge is 0.376 e. The first-order chi connectivity index (χ1) is 8.60. The fourth-order valence-corrected chi connectivity index (χ4v) is 3.11. The summed E-state index contributed by atoms with van der Waals surface area (Å²) in [6, 6.07) is 10.2. The molecule has 0 saturated heterocycles. The molecule has 0 aliphatic rings. The lowest BCUT2D eigenvalue weighted by Gasteiger charge is -2.17. The van der Waals surface area contributed by atoms with E-state index in [2.05, 4.69) is 40.3 Å². The van der Waals surface area contributed by atoms with Crippen LogP contribution in [0, 0.1) is 6.92 Å². The van der Waals surface area contributed by atoms with Crippen LogP contribution in [0.5, 0.6) is 0 Å². The van der Waals surface area contributed by atoms with Crippen LogP contribution in [0.4, 0.5) is 5.69 Å². The van der Waals surface area contributed by atoms with E-state index in [-0.39, 0.29) is 6.04 Å². The highest BCUT2D eigenvalue weighted by Crippen LogP contribution is 2.29. The highest BCUT2D eigenvalue weighted by Gasteiger charge is 2.11. The molecular weight excluding hydrogens is 332 g/mol. The number of hydrogen-bond acceptors (Lipinski definition) is 3. The van der Waals surface area contributed by atoms with Gasteiger partial charge in [-0.3, -0.25) is 0 Å². The second kappa shape index (κ2) is 6.06. The van der Waals surface area contributed by atoms with Crippen molar-refractivity contribution in [2.75, 3.05) is 11.9 Å². The Morgan fingerprint density at radius 3 is 2.72 bits per heavy atom. The third-order valence-corrected chi connectivity index (χ3v) is 4.93. The summed E-state index contributed by atoms with van der Waals surface area (Å²) in [7, 11) is 0. The van der Waals surface area contributed by atoms with Crippen LogP contribution < -0.4 is 11.1 Å².